The SMILES string of the molecule is CCCCOc1ccc(C[C@H](N)C(=O)OCOC(=O)CCCN)cc1OCCCC. The quantitative estimate of drug-likeness (QED) is 0.236. The maximum atomic E-state index is 12.1. The molecule has 4 N–H and O–H groups in total. The van der Waals surface area contributed by atoms with Gasteiger partial charge in [0.25, 0.3) is 0 Å². The van der Waals surface area contributed by atoms with Crippen LogP contribution < -0.4 is 20.9 Å². The van der Waals surface area contributed by atoms with Crippen LogP contribution in [0.2, 0.25) is 0 Å². The minimum atomic E-state index is -0.886. The Morgan fingerprint density at radius 1 is 0.967 bits per heavy atom. The van der Waals surface area contributed by atoms with Crippen molar-refractivity contribution >= 4 is 11.9 Å². The topological polar surface area (TPSA) is 123 Å². The predicted octanol–water partition coefficient (Wildman–Crippen LogP) is 2.70. The van der Waals surface area contributed by atoms with Gasteiger partial charge in [-0.1, -0.05) is 32.8 Å². The molecule has 0 saturated heterocycles. The molecule has 0 aromatic heterocycles. The lowest BCUT2D eigenvalue weighted by Crippen LogP contribution is -2.35. The number of ether oxygens (including phenoxy) is 4. The third kappa shape index (κ3) is 10.5. The van der Waals surface area contributed by atoms with Crippen molar-refractivity contribution in [1.29, 1.82) is 0 Å². The van der Waals surface area contributed by atoms with Crippen LogP contribution in [0.4, 0.5) is 0 Å². The normalized spacial score (nSPS) is 11.6. The van der Waals surface area contributed by atoms with Gasteiger partial charge in [0.15, 0.2) is 11.5 Å². The van der Waals surface area contributed by atoms with Gasteiger partial charge in [0.1, 0.15) is 6.04 Å². The second kappa shape index (κ2) is 15.5. The number of nitrogens with two attached hydrogens (primary N) is 2. The van der Waals surface area contributed by atoms with Crippen molar-refractivity contribution in [2.75, 3.05) is 26.6 Å². The lowest BCUT2D eigenvalue weighted by molar-refractivity contribution is -0.168. The summed E-state index contributed by atoms with van der Waals surface area (Å²) >= 11 is 0. The summed E-state index contributed by atoms with van der Waals surface area (Å²) in [5.74, 6) is 0.225. The van der Waals surface area contributed by atoms with Gasteiger partial charge in [0, 0.05) is 6.42 Å². The Bertz CT molecular complexity index is 638. The zero-order valence-corrected chi connectivity index (χ0v) is 18.2. The first-order valence-electron chi connectivity index (χ1n) is 10.7. The van der Waals surface area contributed by atoms with Gasteiger partial charge in [-0.15, -0.1) is 0 Å². The molecule has 8 nitrogen and oxygen atoms in total. The van der Waals surface area contributed by atoms with Gasteiger partial charge in [0.2, 0.25) is 6.79 Å². The largest absolute Gasteiger partial charge is 0.490 e. The number of esters is 2. The maximum absolute atomic E-state index is 12.1. The van der Waals surface area contributed by atoms with E-state index in [9.17, 15) is 9.59 Å². The molecule has 0 spiro atoms. The summed E-state index contributed by atoms with van der Waals surface area (Å²) in [5.41, 5.74) is 12.1. The Labute approximate surface area is 179 Å². The monoisotopic (exact) mass is 424 g/mol. The molecule has 0 radical (unpaired) electrons. The molecule has 0 amide bonds. The molecule has 0 aliphatic carbocycles. The van der Waals surface area contributed by atoms with E-state index >= 15 is 0 Å². The molecule has 0 aliphatic rings. The second-order valence-electron chi connectivity index (χ2n) is 6.99. The Morgan fingerprint density at radius 2 is 1.63 bits per heavy atom. The summed E-state index contributed by atoms with van der Waals surface area (Å²) in [7, 11) is 0. The Morgan fingerprint density at radius 3 is 2.27 bits per heavy atom. The van der Waals surface area contributed by atoms with E-state index in [1.165, 1.54) is 0 Å². The summed E-state index contributed by atoms with van der Waals surface area (Å²) in [6.07, 6.45) is 4.95. The van der Waals surface area contributed by atoms with Crippen molar-refractivity contribution in [2.24, 2.45) is 11.5 Å². The molecular weight excluding hydrogens is 388 g/mol. The number of carbonyl (C=O) groups is 2. The van der Waals surface area contributed by atoms with Crippen LogP contribution in [-0.2, 0) is 25.5 Å². The third-order valence-electron chi connectivity index (χ3n) is 4.28. The lowest BCUT2D eigenvalue weighted by Gasteiger charge is -2.16. The molecule has 30 heavy (non-hydrogen) atoms. The Hall–Kier alpha value is -2.32. The zero-order valence-electron chi connectivity index (χ0n) is 18.2. The van der Waals surface area contributed by atoms with Crippen LogP contribution in [0, 0.1) is 0 Å². The molecular formula is C22H36N2O6. The number of benzene rings is 1. The summed E-state index contributed by atoms with van der Waals surface area (Å²) < 4.78 is 21.4. The van der Waals surface area contributed by atoms with Crippen molar-refractivity contribution < 1.29 is 28.5 Å². The van der Waals surface area contributed by atoms with Gasteiger partial charge in [-0.25, -0.2) is 0 Å². The van der Waals surface area contributed by atoms with Gasteiger partial charge in [-0.2, -0.15) is 0 Å². The van der Waals surface area contributed by atoms with Gasteiger partial charge < -0.3 is 30.4 Å². The van der Waals surface area contributed by atoms with E-state index in [2.05, 4.69) is 13.8 Å². The lowest BCUT2D eigenvalue weighted by atomic mass is 10.1. The molecule has 0 saturated carbocycles. The molecule has 0 bridgehead atoms. The van der Waals surface area contributed by atoms with Gasteiger partial charge in [-0.05, 0) is 49.9 Å². The minimum Gasteiger partial charge on any atom is -0.490 e. The van der Waals surface area contributed by atoms with Crippen LogP contribution in [0.3, 0.4) is 0 Å². The van der Waals surface area contributed by atoms with Crippen LogP contribution in [0.25, 0.3) is 0 Å². The van der Waals surface area contributed by atoms with Crippen molar-refractivity contribution in [3.63, 3.8) is 0 Å². The minimum absolute atomic E-state index is 0.188. The van der Waals surface area contributed by atoms with Crippen molar-refractivity contribution in [1.82, 2.24) is 0 Å². The highest BCUT2D eigenvalue weighted by molar-refractivity contribution is 5.76. The molecule has 1 rings (SSSR count). The average Bonchev–Trinajstić information content (AvgIpc) is 2.73. The predicted molar refractivity (Wildman–Crippen MR) is 114 cm³/mol. The number of carbonyl (C=O) groups excluding carboxylic acids is 2. The van der Waals surface area contributed by atoms with Crippen LogP contribution >= 0.6 is 0 Å². The van der Waals surface area contributed by atoms with Gasteiger partial charge >= 0.3 is 11.9 Å². The van der Waals surface area contributed by atoms with Gasteiger partial charge in [-0.3, -0.25) is 9.59 Å². The first kappa shape index (κ1) is 25.7. The molecule has 1 atom stereocenters. The Balaban J connectivity index is 2.60. The van der Waals surface area contributed by atoms with Crippen LogP contribution in [0.1, 0.15) is 57.9 Å². The highest BCUT2D eigenvalue weighted by Crippen LogP contribution is 2.29. The van der Waals surface area contributed by atoms with E-state index in [4.69, 9.17) is 30.4 Å². The molecule has 0 unspecified atom stereocenters. The molecule has 0 heterocycles. The molecule has 170 valence electrons. The van der Waals surface area contributed by atoms with E-state index in [1.807, 2.05) is 18.2 Å². The fraction of sp³-hybridized carbons (Fsp3) is 0.636. The van der Waals surface area contributed by atoms with E-state index in [0.29, 0.717) is 37.7 Å². The van der Waals surface area contributed by atoms with Crippen molar-refractivity contribution in [2.45, 2.75) is 64.8 Å². The van der Waals surface area contributed by atoms with Crippen LogP contribution in [-0.4, -0.2) is 44.5 Å². The van der Waals surface area contributed by atoms with Gasteiger partial charge in [0.05, 0.1) is 13.2 Å². The summed E-state index contributed by atoms with van der Waals surface area (Å²) in [4.78, 5) is 23.5. The summed E-state index contributed by atoms with van der Waals surface area (Å²) in [5, 5.41) is 0. The summed E-state index contributed by atoms with van der Waals surface area (Å²) in [6, 6.07) is 4.65. The van der Waals surface area contributed by atoms with Crippen molar-refractivity contribution in [3.8, 4) is 11.5 Å². The van der Waals surface area contributed by atoms with Crippen molar-refractivity contribution in [3.05, 3.63) is 23.8 Å². The van der Waals surface area contributed by atoms with E-state index in [-0.39, 0.29) is 12.8 Å². The number of rotatable bonds is 16. The zero-order chi connectivity index (χ0) is 22.2. The van der Waals surface area contributed by atoms with Crippen LogP contribution in [0.15, 0.2) is 18.2 Å². The third-order valence-corrected chi connectivity index (χ3v) is 4.28. The first-order valence-corrected chi connectivity index (χ1v) is 10.7. The molecule has 1 aromatic rings. The highest BCUT2D eigenvalue weighted by atomic mass is 16.7. The first-order chi connectivity index (χ1) is 14.5. The molecule has 8 heteroatoms. The molecule has 1 aromatic carbocycles. The van der Waals surface area contributed by atoms with E-state index < -0.39 is 24.8 Å². The summed E-state index contributed by atoms with van der Waals surface area (Å²) in [6.45, 7) is 5.35. The smallest absolute Gasteiger partial charge is 0.326 e. The highest BCUT2D eigenvalue weighted by Gasteiger charge is 2.18. The number of hydrogen-bond donors (Lipinski definition) is 2. The van der Waals surface area contributed by atoms with E-state index in [1.54, 1.807) is 0 Å². The fourth-order valence-electron chi connectivity index (χ4n) is 2.48. The maximum Gasteiger partial charge on any atom is 0.326 e. The van der Waals surface area contributed by atoms with E-state index in [0.717, 1.165) is 31.2 Å². The number of hydrogen-bond acceptors (Lipinski definition) is 8. The average molecular weight is 425 g/mol. The molecule has 0 aliphatic heterocycles. The standard InChI is InChI=1S/C22H36N2O6/c1-3-5-12-27-19-10-9-17(15-20(19)28-13-6-4-2)14-18(24)22(26)30-16-29-21(25)8-7-11-23/h9-10,15,18H,3-8,11-14,16,23-24H2,1-2H3/t18-/m0/s1. The Kier molecular flexibility index (Phi) is 13.3. The van der Waals surface area contributed by atoms with Crippen LogP contribution in [0.5, 0.6) is 11.5 Å². The fourth-order valence-corrected chi connectivity index (χ4v) is 2.48. The second-order valence-corrected chi connectivity index (χ2v) is 6.99. The molecule has 0 fully saturated rings. The number of unbranched alkanes of at least 4 members (excludes halogenated alkanes) is 2.